The number of carbonyl (C=O) groups is 3. The first-order chi connectivity index (χ1) is 17.1. The van der Waals surface area contributed by atoms with Crippen molar-refractivity contribution in [2.75, 3.05) is 11.4 Å². The van der Waals surface area contributed by atoms with Crippen molar-refractivity contribution in [3.05, 3.63) is 70.6 Å². The van der Waals surface area contributed by atoms with E-state index in [1.807, 2.05) is 53.9 Å². The number of rotatable bonds is 5. The fraction of sp³-hybridized carbons (Fsp3) is 0.357. The van der Waals surface area contributed by atoms with Gasteiger partial charge in [-0.3, -0.25) is 19.3 Å². The summed E-state index contributed by atoms with van der Waals surface area (Å²) in [6.07, 6.45) is 0.707. The van der Waals surface area contributed by atoms with E-state index in [1.54, 1.807) is 26.8 Å². The van der Waals surface area contributed by atoms with Crippen LogP contribution < -0.4 is 4.90 Å². The Morgan fingerprint density at radius 1 is 1.11 bits per heavy atom. The number of Topliss-reactive ketones (excluding diaryl/α,β-unsaturated/α-hetero) is 1. The molecule has 1 aliphatic heterocycles. The molecule has 1 saturated heterocycles. The molecule has 0 spiro atoms. The highest BCUT2D eigenvalue weighted by Gasteiger charge is 2.39. The Morgan fingerprint density at radius 2 is 1.81 bits per heavy atom. The van der Waals surface area contributed by atoms with E-state index in [4.69, 9.17) is 16.3 Å². The van der Waals surface area contributed by atoms with Crippen LogP contribution >= 0.6 is 22.9 Å². The Labute approximate surface area is 220 Å². The van der Waals surface area contributed by atoms with Crippen molar-refractivity contribution >= 4 is 45.7 Å². The second-order valence-electron chi connectivity index (χ2n) is 9.91. The second-order valence-corrected chi connectivity index (χ2v) is 11.2. The standard InChI is InChI=1S/C28H29ClN2O4S/c1-28(2,3)35-25(33)15-22-20(18-9-5-4-6-10-18)14-13-19(32)16-31(26(22)34)27-30-24(17-36-27)21-11-7-8-12-23(21)29/h4-12,17,20,22H,13-16H2,1-3H3/t20-,22+/m1/s1. The second kappa shape index (κ2) is 10.9. The van der Waals surface area contributed by atoms with E-state index in [0.29, 0.717) is 28.7 Å². The number of esters is 1. The SMILES string of the molecule is CC(C)(C)OC(=O)C[C@@H]1C(=O)N(c2nc(-c3ccccc3Cl)cs2)CC(=O)CC[C@@H]1c1ccccc1. The molecule has 4 rings (SSSR count). The highest BCUT2D eigenvalue weighted by atomic mass is 35.5. The minimum absolute atomic E-state index is 0.0468. The van der Waals surface area contributed by atoms with Crippen molar-refractivity contribution in [1.29, 1.82) is 0 Å². The normalized spacial score (nSPS) is 19.1. The molecular weight excluding hydrogens is 496 g/mol. The third-order valence-electron chi connectivity index (χ3n) is 6.04. The first-order valence-electron chi connectivity index (χ1n) is 11.9. The van der Waals surface area contributed by atoms with Crippen LogP contribution in [0.3, 0.4) is 0 Å². The summed E-state index contributed by atoms with van der Waals surface area (Å²) in [4.78, 5) is 45.9. The van der Waals surface area contributed by atoms with Gasteiger partial charge >= 0.3 is 5.97 Å². The fourth-order valence-corrected chi connectivity index (χ4v) is 5.52. The molecule has 2 atom stereocenters. The number of hydrogen-bond acceptors (Lipinski definition) is 6. The van der Waals surface area contributed by atoms with Gasteiger partial charge in [0.1, 0.15) is 5.60 Å². The van der Waals surface area contributed by atoms with Gasteiger partial charge < -0.3 is 4.74 Å². The zero-order valence-corrected chi connectivity index (χ0v) is 22.1. The third-order valence-corrected chi connectivity index (χ3v) is 7.24. The van der Waals surface area contributed by atoms with Crippen molar-refractivity contribution in [2.24, 2.45) is 5.92 Å². The molecule has 0 aliphatic carbocycles. The molecule has 188 valence electrons. The maximum atomic E-state index is 14.0. The molecule has 1 aromatic heterocycles. The lowest BCUT2D eigenvalue weighted by molar-refractivity contribution is -0.157. The van der Waals surface area contributed by atoms with Gasteiger partial charge in [0.15, 0.2) is 10.9 Å². The van der Waals surface area contributed by atoms with Crippen LogP contribution in [0.4, 0.5) is 5.13 Å². The summed E-state index contributed by atoms with van der Waals surface area (Å²) in [5, 5.41) is 2.78. The van der Waals surface area contributed by atoms with Crippen LogP contribution in [0.2, 0.25) is 5.02 Å². The van der Waals surface area contributed by atoms with Crippen molar-refractivity contribution in [2.45, 2.75) is 51.6 Å². The Bertz CT molecular complexity index is 1250. The number of ether oxygens (including phenoxy) is 1. The number of halogens is 1. The molecule has 0 unspecified atom stereocenters. The molecule has 1 amide bonds. The molecule has 36 heavy (non-hydrogen) atoms. The zero-order chi connectivity index (χ0) is 25.9. The molecule has 0 N–H and O–H groups in total. The quantitative estimate of drug-likeness (QED) is 0.366. The molecule has 2 aromatic carbocycles. The van der Waals surface area contributed by atoms with E-state index < -0.39 is 17.5 Å². The van der Waals surface area contributed by atoms with Crippen LogP contribution in [0.1, 0.15) is 51.5 Å². The molecule has 8 heteroatoms. The third kappa shape index (κ3) is 6.20. The van der Waals surface area contributed by atoms with Gasteiger partial charge in [0.25, 0.3) is 0 Å². The fourth-order valence-electron chi connectivity index (χ4n) is 4.46. The van der Waals surface area contributed by atoms with Crippen molar-refractivity contribution in [3.63, 3.8) is 0 Å². The van der Waals surface area contributed by atoms with Crippen molar-refractivity contribution < 1.29 is 19.1 Å². The molecular formula is C28H29ClN2O4S. The number of amides is 1. The summed E-state index contributed by atoms with van der Waals surface area (Å²) in [5.41, 5.74) is 1.63. The highest BCUT2D eigenvalue weighted by molar-refractivity contribution is 7.14. The van der Waals surface area contributed by atoms with Crippen LogP contribution in [0.5, 0.6) is 0 Å². The minimum Gasteiger partial charge on any atom is -0.460 e. The van der Waals surface area contributed by atoms with Crippen LogP contribution in [-0.4, -0.2) is 34.8 Å². The zero-order valence-electron chi connectivity index (χ0n) is 20.6. The lowest BCUT2D eigenvalue weighted by Gasteiger charge is -2.33. The van der Waals surface area contributed by atoms with E-state index in [2.05, 4.69) is 4.98 Å². The topological polar surface area (TPSA) is 76.6 Å². The Morgan fingerprint density at radius 3 is 2.50 bits per heavy atom. The number of anilines is 1. The number of nitrogens with zero attached hydrogens (tertiary/aromatic N) is 2. The summed E-state index contributed by atoms with van der Waals surface area (Å²) < 4.78 is 5.58. The van der Waals surface area contributed by atoms with Gasteiger partial charge in [-0.2, -0.15) is 0 Å². The predicted octanol–water partition coefficient (Wildman–Crippen LogP) is 6.29. The van der Waals surface area contributed by atoms with Crippen LogP contribution in [0.15, 0.2) is 60.0 Å². The Kier molecular flexibility index (Phi) is 7.91. The van der Waals surface area contributed by atoms with E-state index in [-0.39, 0.29) is 30.6 Å². The maximum Gasteiger partial charge on any atom is 0.307 e. The van der Waals surface area contributed by atoms with Gasteiger partial charge in [-0.05, 0) is 44.7 Å². The number of thiazole rings is 1. The Balaban J connectivity index is 1.71. The van der Waals surface area contributed by atoms with E-state index in [1.165, 1.54) is 16.2 Å². The largest absolute Gasteiger partial charge is 0.460 e. The lowest BCUT2D eigenvalue weighted by atomic mass is 9.78. The van der Waals surface area contributed by atoms with Crippen LogP contribution in [0.25, 0.3) is 11.3 Å². The van der Waals surface area contributed by atoms with Crippen molar-refractivity contribution in [1.82, 2.24) is 4.98 Å². The lowest BCUT2D eigenvalue weighted by Crippen LogP contribution is -2.45. The van der Waals surface area contributed by atoms with E-state index in [9.17, 15) is 14.4 Å². The molecule has 0 radical (unpaired) electrons. The van der Waals surface area contributed by atoms with Crippen LogP contribution in [-0.2, 0) is 19.1 Å². The average Bonchev–Trinajstić information content (AvgIpc) is 3.30. The molecule has 1 aliphatic rings. The van der Waals surface area contributed by atoms with Crippen molar-refractivity contribution in [3.8, 4) is 11.3 Å². The molecule has 1 fully saturated rings. The van der Waals surface area contributed by atoms with Gasteiger partial charge in [-0.1, -0.05) is 60.1 Å². The first-order valence-corrected chi connectivity index (χ1v) is 13.2. The van der Waals surface area contributed by atoms with E-state index in [0.717, 1.165) is 11.1 Å². The molecule has 0 bridgehead atoms. The number of benzene rings is 2. The summed E-state index contributed by atoms with van der Waals surface area (Å²) in [6.45, 7) is 5.32. The smallest absolute Gasteiger partial charge is 0.307 e. The number of carbonyl (C=O) groups excluding carboxylic acids is 3. The highest BCUT2D eigenvalue weighted by Crippen LogP contribution is 2.38. The summed E-state index contributed by atoms with van der Waals surface area (Å²) >= 11 is 7.63. The van der Waals surface area contributed by atoms with E-state index >= 15 is 0 Å². The average molecular weight is 525 g/mol. The monoisotopic (exact) mass is 524 g/mol. The first kappa shape index (κ1) is 26.0. The number of hydrogen-bond donors (Lipinski definition) is 0. The number of aromatic nitrogens is 1. The van der Waals surface area contributed by atoms with Gasteiger partial charge in [-0.25, -0.2) is 4.98 Å². The van der Waals surface area contributed by atoms with Gasteiger partial charge in [0, 0.05) is 22.4 Å². The number of ketones is 1. The predicted molar refractivity (Wildman–Crippen MR) is 142 cm³/mol. The molecule has 3 aromatic rings. The van der Waals surface area contributed by atoms with Crippen LogP contribution in [0, 0.1) is 5.92 Å². The van der Waals surface area contributed by atoms with Gasteiger partial charge in [-0.15, -0.1) is 11.3 Å². The summed E-state index contributed by atoms with van der Waals surface area (Å²) in [6, 6.07) is 16.9. The summed E-state index contributed by atoms with van der Waals surface area (Å²) in [5.74, 6) is -1.79. The Hall–Kier alpha value is -3.03. The minimum atomic E-state index is -0.692. The molecule has 2 heterocycles. The maximum absolute atomic E-state index is 14.0. The van der Waals surface area contributed by atoms with Gasteiger partial charge in [0.05, 0.1) is 24.6 Å². The molecule has 0 saturated carbocycles. The summed E-state index contributed by atoms with van der Waals surface area (Å²) in [7, 11) is 0. The molecule has 6 nitrogen and oxygen atoms in total. The van der Waals surface area contributed by atoms with Gasteiger partial charge in [0.2, 0.25) is 5.91 Å².